The number of nitrogens with two attached hydrogens (primary N) is 2. The number of rotatable bonds is 0. The van der Waals surface area contributed by atoms with Gasteiger partial charge < -0.3 is 16.6 Å². The van der Waals surface area contributed by atoms with E-state index in [-0.39, 0.29) is 11.5 Å². The Hall–Kier alpha value is -0.120. The lowest BCUT2D eigenvalue weighted by Gasteiger charge is -2.61. The summed E-state index contributed by atoms with van der Waals surface area (Å²) in [5.74, 6) is 3.14. The van der Waals surface area contributed by atoms with E-state index >= 15 is 0 Å². The van der Waals surface area contributed by atoms with Crippen LogP contribution in [0.2, 0.25) is 0 Å². The highest BCUT2D eigenvalue weighted by molar-refractivity contribution is 5.10. The van der Waals surface area contributed by atoms with Crippen LogP contribution in [-0.2, 0) is 0 Å². The highest BCUT2D eigenvalue weighted by atomic mass is 16.3. The Morgan fingerprint density at radius 3 is 2.32 bits per heavy atom. The molecule has 0 aromatic carbocycles. The molecule has 0 aromatic heterocycles. The first-order chi connectivity index (χ1) is 10.3. The Labute approximate surface area is 135 Å². The Morgan fingerprint density at radius 1 is 0.818 bits per heavy atom. The first-order valence-corrected chi connectivity index (χ1v) is 9.52. The summed E-state index contributed by atoms with van der Waals surface area (Å²) in [5, 5.41) is 10.5. The van der Waals surface area contributed by atoms with Gasteiger partial charge in [-0.2, -0.15) is 0 Å². The average molecular weight is 306 g/mol. The van der Waals surface area contributed by atoms with E-state index in [9.17, 15) is 5.11 Å². The lowest BCUT2D eigenvalue weighted by Crippen LogP contribution is -2.61. The van der Waals surface area contributed by atoms with Crippen molar-refractivity contribution in [3.05, 3.63) is 0 Å². The van der Waals surface area contributed by atoms with Crippen molar-refractivity contribution in [1.29, 1.82) is 0 Å². The Balaban J connectivity index is 1.62. The molecule has 4 aliphatic rings. The Bertz CT molecular complexity index is 464. The minimum atomic E-state index is -0.427. The monoisotopic (exact) mass is 306 g/mol. The topological polar surface area (TPSA) is 72.3 Å². The third kappa shape index (κ3) is 1.98. The molecule has 0 amide bonds. The fourth-order valence-electron chi connectivity index (χ4n) is 7.30. The fraction of sp³-hybridized carbons (Fsp3) is 1.00. The van der Waals surface area contributed by atoms with Gasteiger partial charge in [0.05, 0.1) is 11.8 Å². The van der Waals surface area contributed by atoms with Gasteiger partial charge in [0.1, 0.15) is 0 Å². The van der Waals surface area contributed by atoms with Crippen molar-refractivity contribution >= 4 is 0 Å². The molecule has 0 saturated heterocycles. The van der Waals surface area contributed by atoms with Crippen molar-refractivity contribution in [2.24, 2.45) is 46.0 Å². The highest BCUT2D eigenvalue weighted by Crippen LogP contribution is 2.66. The van der Waals surface area contributed by atoms with Crippen LogP contribution in [0.3, 0.4) is 0 Å². The summed E-state index contributed by atoms with van der Waals surface area (Å²) in [6.45, 7) is 4.91. The Kier molecular flexibility index (Phi) is 3.30. The zero-order chi connectivity index (χ0) is 15.8. The summed E-state index contributed by atoms with van der Waals surface area (Å²) >= 11 is 0. The summed E-state index contributed by atoms with van der Waals surface area (Å²) in [6.07, 6.45) is 10.6. The lowest BCUT2D eigenvalue weighted by molar-refractivity contribution is -0.128. The molecular formula is C19H34N2O. The summed E-state index contributed by atoms with van der Waals surface area (Å²) in [7, 11) is 0. The van der Waals surface area contributed by atoms with Crippen LogP contribution >= 0.6 is 0 Å². The predicted octanol–water partition coefficient (Wildman–Crippen LogP) is 3.00. The molecule has 4 saturated carbocycles. The number of aliphatic hydroxyl groups excluding tert-OH is 1. The van der Waals surface area contributed by atoms with Crippen LogP contribution in [0.4, 0.5) is 0 Å². The highest BCUT2D eigenvalue weighted by Gasteiger charge is 2.60. The molecular weight excluding hydrogens is 272 g/mol. The smallest absolute Gasteiger partial charge is 0.0639 e. The molecule has 0 bridgehead atoms. The van der Waals surface area contributed by atoms with E-state index in [0.717, 1.165) is 37.0 Å². The largest absolute Gasteiger partial charge is 0.393 e. The number of hydrogen-bond acceptors (Lipinski definition) is 3. The SMILES string of the molecule is C[C@]12CCC3C(CC[C@@H]4CC(N)(N)CC[C@]34C)C1CC[C@@H]2O. The molecule has 0 radical (unpaired) electrons. The van der Waals surface area contributed by atoms with E-state index < -0.39 is 5.66 Å². The molecule has 3 nitrogen and oxygen atoms in total. The van der Waals surface area contributed by atoms with Gasteiger partial charge in [-0.3, -0.25) is 0 Å². The van der Waals surface area contributed by atoms with Crippen LogP contribution in [0.25, 0.3) is 0 Å². The van der Waals surface area contributed by atoms with Crippen molar-refractivity contribution in [2.45, 2.75) is 83.4 Å². The predicted molar refractivity (Wildman–Crippen MR) is 88.8 cm³/mol. The number of hydrogen-bond donors (Lipinski definition) is 3. The summed E-state index contributed by atoms with van der Waals surface area (Å²) < 4.78 is 0. The van der Waals surface area contributed by atoms with E-state index in [0.29, 0.717) is 11.3 Å². The van der Waals surface area contributed by atoms with Crippen LogP contribution < -0.4 is 11.5 Å². The Morgan fingerprint density at radius 2 is 1.55 bits per heavy atom. The molecule has 22 heavy (non-hydrogen) atoms. The summed E-state index contributed by atoms with van der Waals surface area (Å²) in [5.41, 5.74) is 12.8. The quantitative estimate of drug-likeness (QED) is 0.602. The van der Waals surface area contributed by atoms with Gasteiger partial charge in [0.25, 0.3) is 0 Å². The van der Waals surface area contributed by atoms with Crippen LogP contribution in [-0.4, -0.2) is 16.9 Å². The van der Waals surface area contributed by atoms with E-state index in [1.807, 2.05) is 0 Å². The zero-order valence-electron chi connectivity index (χ0n) is 14.4. The molecule has 126 valence electrons. The van der Waals surface area contributed by atoms with Gasteiger partial charge in [0, 0.05) is 0 Å². The van der Waals surface area contributed by atoms with Crippen molar-refractivity contribution in [2.75, 3.05) is 0 Å². The molecule has 0 spiro atoms. The standard InChI is InChI=1S/C19H34N2O/c1-17-9-10-19(20,21)11-12(17)3-4-13-14-5-6-16(22)18(14,2)8-7-15(13)17/h12-16,22H,3-11,20-21H2,1-2H3/t12-,13?,14?,15?,16+,17+,18+/m1/s1. The molecule has 3 unspecified atom stereocenters. The van der Waals surface area contributed by atoms with Gasteiger partial charge in [0.2, 0.25) is 0 Å². The molecule has 7 atom stereocenters. The van der Waals surface area contributed by atoms with E-state index in [4.69, 9.17) is 11.5 Å². The van der Waals surface area contributed by atoms with Crippen molar-refractivity contribution < 1.29 is 5.11 Å². The second kappa shape index (κ2) is 4.70. The van der Waals surface area contributed by atoms with Gasteiger partial charge in [-0.25, -0.2) is 0 Å². The molecule has 4 aliphatic carbocycles. The van der Waals surface area contributed by atoms with Crippen LogP contribution in [0.15, 0.2) is 0 Å². The maximum absolute atomic E-state index is 10.5. The third-order valence-electron chi connectivity index (χ3n) is 8.77. The number of aliphatic hydroxyl groups is 1. The van der Waals surface area contributed by atoms with Crippen molar-refractivity contribution in [3.63, 3.8) is 0 Å². The molecule has 4 fully saturated rings. The molecule has 0 aromatic rings. The van der Waals surface area contributed by atoms with E-state index in [1.165, 1.54) is 38.5 Å². The van der Waals surface area contributed by atoms with Gasteiger partial charge in [0.15, 0.2) is 0 Å². The van der Waals surface area contributed by atoms with Gasteiger partial charge >= 0.3 is 0 Å². The zero-order valence-corrected chi connectivity index (χ0v) is 14.4. The fourth-order valence-corrected chi connectivity index (χ4v) is 7.30. The van der Waals surface area contributed by atoms with Crippen LogP contribution in [0.1, 0.15) is 71.6 Å². The summed E-state index contributed by atoms with van der Waals surface area (Å²) in [6, 6.07) is 0. The molecule has 3 heteroatoms. The normalized spacial score (nSPS) is 56.9. The van der Waals surface area contributed by atoms with Gasteiger partial charge in [-0.15, -0.1) is 0 Å². The van der Waals surface area contributed by atoms with Crippen molar-refractivity contribution in [1.82, 2.24) is 0 Å². The van der Waals surface area contributed by atoms with Gasteiger partial charge in [-0.1, -0.05) is 13.8 Å². The number of fused-ring (bicyclic) bond motifs is 5. The lowest BCUT2D eigenvalue weighted by atomic mass is 9.44. The minimum absolute atomic E-state index is 0.0592. The maximum Gasteiger partial charge on any atom is 0.0639 e. The summed E-state index contributed by atoms with van der Waals surface area (Å²) in [4.78, 5) is 0. The van der Waals surface area contributed by atoms with E-state index in [2.05, 4.69) is 13.8 Å². The molecule has 4 rings (SSSR count). The first kappa shape index (κ1) is 15.4. The minimum Gasteiger partial charge on any atom is -0.393 e. The van der Waals surface area contributed by atoms with E-state index in [1.54, 1.807) is 0 Å². The molecule has 0 aliphatic heterocycles. The molecule has 0 heterocycles. The van der Waals surface area contributed by atoms with Crippen molar-refractivity contribution in [3.8, 4) is 0 Å². The maximum atomic E-state index is 10.5. The second-order valence-electron chi connectivity index (χ2n) is 9.73. The average Bonchev–Trinajstić information content (AvgIpc) is 2.76. The van der Waals surface area contributed by atoms with Gasteiger partial charge in [-0.05, 0) is 92.3 Å². The first-order valence-electron chi connectivity index (χ1n) is 9.52. The van der Waals surface area contributed by atoms with Crippen LogP contribution in [0.5, 0.6) is 0 Å². The van der Waals surface area contributed by atoms with Crippen LogP contribution in [0, 0.1) is 34.5 Å². The molecule has 5 N–H and O–H groups in total. The third-order valence-corrected chi connectivity index (χ3v) is 8.77. The second-order valence-corrected chi connectivity index (χ2v) is 9.73.